The highest BCUT2D eigenvalue weighted by atomic mass is 16.2. The molecule has 0 bridgehead atoms. The van der Waals surface area contributed by atoms with E-state index in [0.717, 1.165) is 43.4 Å². The number of carbonyl (C=O) groups is 3. The molecular weight excluding hydrogens is 370 g/mol. The molecule has 2 atom stereocenters. The fourth-order valence-electron chi connectivity index (χ4n) is 4.93. The summed E-state index contributed by atoms with van der Waals surface area (Å²) in [5.41, 5.74) is 1.98. The molecule has 1 aromatic heterocycles. The number of fused-ring (bicyclic) bond motifs is 1. The number of rotatable bonds is 3. The fraction of sp³-hybridized carbons (Fsp3) is 0.667. The van der Waals surface area contributed by atoms with E-state index in [1.165, 1.54) is 0 Å². The van der Waals surface area contributed by atoms with E-state index in [4.69, 9.17) is 4.98 Å². The SMILES string of the molecule is CC(=O)N1CCc2nc([C@@H]3CCCN3C(=O)[C@H]3CC(=O)N(C4CC4)C3)ncc2C1. The quantitative estimate of drug-likeness (QED) is 0.761. The highest BCUT2D eigenvalue weighted by Gasteiger charge is 2.45. The highest BCUT2D eigenvalue weighted by molar-refractivity contribution is 5.90. The van der Waals surface area contributed by atoms with Gasteiger partial charge in [-0.2, -0.15) is 0 Å². The summed E-state index contributed by atoms with van der Waals surface area (Å²) in [6.07, 6.45) is 6.82. The first-order chi connectivity index (χ1) is 14.0. The molecule has 3 fully saturated rings. The Morgan fingerprint density at radius 2 is 2.00 bits per heavy atom. The van der Waals surface area contributed by atoms with Crippen LogP contribution in [-0.2, 0) is 27.3 Å². The summed E-state index contributed by atoms with van der Waals surface area (Å²) in [7, 11) is 0. The van der Waals surface area contributed by atoms with Crippen LogP contribution in [0.4, 0.5) is 0 Å². The molecule has 1 aliphatic carbocycles. The second kappa shape index (κ2) is 7.07. The Kier molecular flexibility index (Phi) is 4.52. The first-order valence-corrected chi connectivity index (χ1v) is 10.7. The van der Waals surface area contributed by atoms with Crippen LogP contribution < -0.4 is 0 Å². The van der Waals surface area contributed by atoms with Gasteiger partial charge in [0.25, 0.3) is 0 Å². The topological polar surface area (TPSA) is 86.7 Å². The summed E-state index contributed by atoms with van der Waals surface area (Å²) < 4.78 is 0. The van der Waals surface area contributed by atoms with Gasteiger partial charge in [-0.15, -0.1) is 0 Å². The van der Waals surface area contributed by atoms with Crippen LogP contribution in [0.5, 0.6) is 0 Å². The van der Waals surface area contributed by atoms with Crippen molar-refractivity contribution in [2.45, 2.75) is 64.1 Å². The minimum absolute atomic E-state index is 0.0682. The largest absolute Gasteiger partial charge is 0.339 e. The van der Waals surface area contributed by atoms with E-state index in [1.54, 1.807) is 11.8 Å². The third kappa shape index (κ3) is 3.38. The Bertz CT molecular complexity index is 868. The molecule has 2 saturated heterocycles. The van der Waals surface area contributed by atoms with Crippen LogP contribution in [-0.4, -0.2) is 68.1 Å². The lowest BCUT2D eigenvalue weighted by Gasteiger charge is -2.29. The minimum Gasteiger partial charge on any atom is -0.339 e. The Morgan fingerprint density at radius 1 is 1.17 bits per heavy atom. The van der Waals surface area contributed by atoms with Gasteiger partial charge in [0.15, 0.2) is 5.82 Å². The molecule has 8 heteroatoms. The van der Waals surface area contributed by atoms with E-state index in [0.29, 0.717) is 44.5 Å². The molecule has 0 aromatic carbocycles. The van der Waals surface area contributed by atoms with Gasteiger partial charge in [-0.3, -0.25) is 14.4 Å². The second-order valence-electron chi connectivity index (χ2n) is 8.76. The molecule has 4 heterocycles. The normalized spacial score (nSPS) is 26.8. The van der Waals surface area contributed by atoms with E-state index >= 15 is 0 Å². The molecule has 5 rings (SSSR count). The predicted octanol–water partition coefficient (Wildman–Crippen LogP) is 1.06. The zero-order valence-electron chi connectivity index (χ0n) is 16.8. The van der Waals surface area contributed by atoms with Crippen LogP contribution in [0.1, 0.15) is 62.2 Å². The van der Waals surface area contributed by atoms with Crippen LogP contribution in [0, 0.1) is 5.92 Å². The third-order valence-corrected chi connectivity index (χ3v) is 6.73. The summed E-state index contributed by atoms with van der Waals surface area (Å²) in [6, 6.07) is 0.261. The van der Waals surface area contributed by atoms with Gasteiger partial charge in [0, 0.05) is 63.7 Å². The van der Waals surface area contributed by atoms with Crippen molar-refractivity contribution >= 4 is 17.7 Å². The van der Waals surface area contributed by atoms with Gasteiger partial charge >= 0.3 is 0 Å². The summed E-state index contributed by atoms with van der Waals surface area (Å²) >= 11 is 0. The van der Waals surface area contributed by atoms with Gasteiger partial charge in [0.1, 0.15) is 0 Å². The van der Waals surface area contributed by atoms with Gasteiger partial charge in [-0.05, 0) is 25.7 Å². The van der Waals surface area contributed by atoms with E-state index in [2.05, 4.69) is 4.98 Å². The lowest BCUT2D eigenvalue weighted by molar-refractivity contribution is -0.137. The predicted molar refractivity (Wildman–Crippen MR) is 103 cm³/mol. The molecule has 154 valence electrons. The molecular formula is C21H27N5O3. The second-order valence-corrected chi connectivity index (χ2v) is 8.76. The maximum absolute atomic E-state index is 13.2. The van der Waals surface area contributed by atoms with Crippen molar-refractivity contribution in [1.82, 2.24) is 24.7 Å². The zero-order valence-corrected chi connectivity index (χ0v) is 16.8. The Labute approximate surface area is 170 Å². The molecule has 3 amide bonds. The Morgan fingerprint density at radius 3 is 2.76 bits per heavy atom. The van der Waals surface area contributed by atoms with E-state index < -0.39 is 0 Å². The van der Waals surface area contributed by atoms with Crippen LogP contribution in [0.15, 0.2) is 6.20 Å². The molecule has 0 N–H and O–H groups in total. The molecule has 8 nitrogen and oxygen atoms in total. The molecule has 1 aromatic rings. The molecule has 0 unspecified atom stereocenters. The molecule has 4 aliphatic rings. The smallest absolute Gasteiger partial charge is 0.228 e. The number of aromatic nitrogens is 2. The highest BCUT2D eigenvalue weighted by Crippen LogP contribution is 2.36. The van der Waals surface area contributed by atoms with Crippen molar-refractivity contribution in [3.8, 4) is 0 Å². The molecule has 29 heavy (non-hydrogen) atoms. The van der Waals surface area contributed by atoms with E-state index in [1.807, 2.05) is 16.0 Å². The average Bonchev–Trinajstić information content (AvgIpc) is 3.30. The van der Waals surface area contributed by atoms with Gasteiger partial charge in [-0.1, -0.05) is 0 Å². The molecule has 1 saturated carbocycles. The molecule has 0 spiro atoms. The van der Waals surface area contributed by atoms with Crippen molar-refractivity contribution < 1.29 is 14.4 Å². The van der Waals surface area contributed by atoms with Crippen LogP contribution >= 0.6 is 0 Å². The summed E-state index contributed by atoms with van der Waals surface area (Å²) in [5.74, 6) is 0.744. The summed E-state index contributed by atoms with van der Waals surface area (Å²) in [5, 5.41) is 0. The van der Waals surface area contributed by atoms with Gasteiger partial charge < -0.3 is 14.7 Å². The Balaban J connectivity index is 1.31. The summed E-state index contributed by atoms with van der Waals surface area (Å²) in [6.45, 7) is 4.08. The van der Waals surface area contributed by atoms with Gasteiger partial charge in [0.05, 0.1) is 17.7 Å². The third-order valence-electron chi connectivity index (χ3n) is 6.73. The number of hydrogen-bond acceptors (Lipinski definition) is 5. The molecule has 3 aliphatic heterocycles. The van der Waals surface area contributed by atoms with E-state index in [-0.39, 0.29) is 29.7 Å². The standard InChI is InChI=1S/C21H27N5O3/c1-13(27)24-8-6-17-15(11-24)10-22-20(23-17)18-3-2-7-25(18)21(29)14-9-19(28)26(12-14)16-4-5-16/h10,14,16,18H,2-9,11-12H2,1H3/t14-,18-/m0/s1. The first kappa shape index (κ1) is 18.5. The zero-order chi connectivity index (χ0) is 20.1. The van der Waals surface area contributed by atoms with Crippen LogP contribution in [0.2, 0.25) is 0 Å². The molecule has 0 radical (unpaired) electrons. The van der Waals surface area contributed by atoms with Crippen LogP contribution in [0.3, 0.4) is 0 Å². The van der Waals surface area contributed by atoms with Crippen molar-refractivity contribution in [2.24, 2.45) is 5.92 Å². The van der Waals surface area contributed by atoms with Crippen LogP contribution in [0.25, 0.3) is 0 Å². The minimum atomic E-state index is -0.231. The van der Waals surface area contributed by atoms with Crippen molar-refractivity contribution in [2.75, 3.05) is 19.6 Å². The van der Waals surface area contributed by atoms with Gasteiger partial charge in [0.2, 0.25) is 17.7 Å². The fourth-order valence-corrected chi connectivity index (χ4v) is 4.93. The van der Waals surface area contributed by atoms with Crippen molar-refractivity contribution in [3.63, 3.8) is 0 Å². The number of hydrogen-bond donors (Lipinski definition) is 0. The lowest BCUT2D eigenvalue weighted by atomic mass is 10.0. The van der Waals surface area contributed by atoms with E-state index in [9.17, 15) is 14.4 Å². The Hall–Kier alpha value is -2.51. The maximum atomic E-state index is 13.2. The average molecular weight is 397 g/mol. The van der Waals surface area contributed by atoms with Crippen molar-refractivity contribution in [3.05, 3.63) is 23.3 Å². The number of nitrogens with zero attached hydrogens (tertiary/aromatic N) is 5. The number of carbonyl (C=O) groups excluding carboxylic acids is 3. The number of amides is 3. The summed E-state index contributed by atoms with van der Waals surface area (Å²) in [4.78, 5) is 52.1. The monoisotopic (exact) mass is 397 g/mol. The van der Waals surface area contributed by atoms with Gasteiger partial charge in [-0.25, -0.2) is 9.97 Å². The maximum Gasteiger partial charge on any atom is 0.228 e. The van der Waals surface area contributed by atoms with Crippen molar-refractivity contribution in [1.29, 1.82) is 0 Å². The first-order valence-electron chi connectivity index (χ1n) is 10.7. The number of likely N-dealkylation sites (tertiary alicyclic amines) is 2. The lowest BCUT2D eigenvalue weighted by Crippen LogP contribution is -2.38.